The van der Waals surface area contributed by atoms with Gasteiger partial charge in [-0.3, -0.25) is 4.79 Å². The van der Waals surface area contributed by atoms with Crippen molar-refractivity contribution in [1.29, 1.82) is 0 Å². The summed E-state index contributed by atoms with van der Waals surface area (Å²) in [6, 6.07) is 1.97. The van der Waals surface area contributed by atoms with Gasteiger partial charge in [-0.05, 0) is 24.7 Å². The maximum Gasteiger partial charge on any atom is 0.251 e. The highest BCUT2D eigenvalue weighted by molar-refractivity contribution is 7.99. The van der Waals surface area contributed by atoms with E-state index in [0.717, 1.165) is 23.5 Å². The van der Waals surface area contributed by atoms with Crippen LogP contribution in [0, 0.1) is 6.92 Å². The summed E-state index contributed by atoms with van der Waals surface area (Å²) in [6.45, 7) is 1.87. The predicted octanol–water partition coefficient (Wildman–Crippen LogP) is 1.84. The topological polar surface area (TPSA) is 48.0 Å². The standard InChI is InChI=1S/C10H14N2OS.ClH/c1-7-4-10(13)12(5-9(7)11)8-2-3-14-6-8;/h4-5,8H,2-3,6,11H2,1H3;1H. The molecule has 1 saturated heterocycles. The average molecular weight is 247 g/mol. The van der Waals surface area contributed by atoms with Gasteiger partial charge in [-0.1, -0.05) is 0 Å². The number of aromatic nitrogens is 1. The van der Waals surface area contributed by atoms with Crippen LogP contribution in [0.4, 0.5) is 5.69 Å². The smallest absolute Gasteiger partial charge is 0.251 e. The third kappa shape index (κ3) is 2.49. The Morgan fingerprint density at radius 2 is 2.33 bits per heavy atom. The highest BCUT2D eigenvalue weighted by atomic mass is 35.5. The largest absolute Gasteiger partial charge is 0.397 e. The molecule has 0 saturated carbocycles. The normalized spacial score (nSPS) is 19.9. The molecule has 2 rings (SSSR count). The van der Waals surface area contributed by atoms with Crippen molar-refractivity contribution in [2.75, 3.05) is 17.2 Å². The van der Waals surface area contributed by atoms with E-state index < -0.39 is 0 Å². The molecule has 1 atom stereocenters. The zero-order valence-corrected chi connectivity index (χ0v) is 10.2. The van der Waals surface area contributed by atoms with E-state index in [2.05, 4.69) is 0 Å². The van der Waals surface area contributed by atoms with Crippen LogP contribution >= 0.6 is 24.2 Å². The van der Waals surface area contributed by atoms with Gasteiger partial charge in [0.2, 0.25) is 0 Å². The van der Waals surface area contributed by atoms with Crippen molar-refractivity contribution in [2.24, 2.45) is 0 Å². The van der Waals surface area contributed by atoms with E-state index in [9.17, 15) is 4.79 Å². The zero-order chi connectivity index (χ0) is 10.1. The van der Waals surface area contributed by atoms with E-state index in [1.54, 1.807) is 16.8 Å². The molecule has 1 aliphatic heterocycles. The Morgan fingerprint density at radius 1 is 1.60 bits per heavy atom. The maximum absolute atomic E-state index is 11.7. The lowest BCUT2D eigenvalue weighted by Crippen LogP contribution is -2.24. The Balaban J connectivity index is 0.00000112. The fourth-order valence-corrected chi connectivity index (χ4v) is 2.89. The number of anilines is 1. The highest BCUT2D eigenvalue weighted by Crippen LogP contribution is 2.27. The number of pyridine rings is 1. The minimum atomic E-state index is 0. The van der Waals surface area contributed by atoms with Crippen LogP contribution in [0.1, 0.15) is 18.0 Å². The lowest BCUT2D eigenvalue weighted by molar-refractivity contribution is 0.542. The van der Waals surface area contributed by atoms with E-state index in [0.29, 0.717) is 11.7 Å². The van der Waals surface area contributed by atoms with Crippen LogP contribution in [0.3, 0.4) is 0 Å². The summed E-state index contributed by atoms with van der Waals surface area (Å²) in [5, 5.41) is 0. The molecular formula is C10H15ClN2OS. The Morgan fingerprint density at radius 3 is 2.93 bits per heavy atom. The van der Waals surface area contributed by atoms with Gasteiger partial charge in [0.15, 0.2) is 0 Å². The number of aryl methyl sites for hydroxylation is 1. The summed E-state index contributed by atoms with van der Waals surface area (Å²) in [6.07, 6.45) is 2.86. The molecule has 1 aliphatic rings. The van der Waals surface area contributed by atoms with Crippen molar-refractivity contribution in [1.82, 2.24) is 4.57 Å². The number of hydrogen-bond acceptors (Lipinski definition) is 3. The molecule has 0 aliphatic carbocycles. The predicted molar refractivity (Wildman–Crippen MR) is 68.1 cm³/mol. The molecule has 1 aromatic rings. The summed E-state index contributed by atoms with van der Waals surface area (Å²) in [5.41, 5.74) is 7.45. The summed E-state index contributed by atoms with van der Waals surface area (Å²) in [5.74, 6) is 2.17. The summed E-state index contributed by atoms with van der Waals surface area (Å²) in [7, 11) is 0. The van der Waals surface area contributed by atoms with Crippen LogP contribution in [0.15, 0.2) is 17.1 Å². The number of nitrogen functional groups attached to an aromatic ring is 1. The summed E-state index contributed by atoms with van der Waals surface area (Å²) >= 11 is 1.90. The first-order valence-corrected chi connectivity index (χ1v) is 5.90. The number of thioether (sulfide) groups is 1. The third-order valence-corrected chi connectivity index (χ3v) is 3.77. The molecule has 0 spiro atoms. The van der Waals surface area contributed by atoms with Crippen LogP contribution in [-0.2, 0) is 0 Å². The van der Waals surface area contributed by atoms with E-state index >= 15 is 0 Å². The van der Waals surface area contributed by atoms with Gasteiger partial charge in [0, 0.05) is 24.1 Å². The lowest BCUT2D eigenvalue weighted by Gasteiger charge is -2.13. The van der Waals surface area contributed by atoms with Gasteiger partial charge in [-0.2, -0.15) is 11.8 Å². The first kappa shape index (κ1) is 12.5. The number of halogens is 1. The fraction of sp³-hybridized carbons (Fsp3) is 0.500. The highest BCUT2D eigenvalue weighted by Gasteiger charge is 2.18. The summed E-state index contributed by atoms with van der Waals surface area (Å²) in [4.78, 5) is 11.7. The minimum Gasteiger partial charge on any atom is -0.397 e. The lowest BCUT2D eigenvalue weighted by atomic mass is 10.2. The molecule has 0 bridgehead atoms. The Bertz CT molecular complexity index is 399. The number of nitrogens with zero attached hydrogens (tertiary/aromatic N) is 1. The van der Waals surface area contributed by atoms with Crippen molar-refractivity contribution in [3.8, 4) is 0 Å². The molecule has 2 heterocycles. The number of nitrogens with two attached hydrogens (primary N) is 1. The van der Waals surface area contributed by atoms with Gasteiger partial charge in [0.05, 0.1) is 5.69 Å². The van der Waals surface area contributed by atoms with Gasteiger partial charge >= 0.3 is 0 Å². The Hall–Kier alpha value is -0.610. The summed E-state index contributed by atoms with van der Waals surface area (Å²) < 4.78 is 1.78. The molecule has 15 heavy (non-hydrogen) atoms. The third-order valence-electron chi connectivity index (χ3n) is 2.63. The van der Waals surface area contributed by atoms with Crippen molar-refractivity contribution in [2.45, 2.75) is 19.4 Å². The monoisotopic (exact) mass is 246 g/mol. The molecule has 0 amide bonds. The molecule has 0 aromatic carbocycles. The van der Waals surface area contributed by atoms with Gasteiger partial charge in [-0.15, -0.1) is 12.4 Å². The second-order valence-electron chi connectivity index (χ2n) is 3.67. The minimum absolute atomic E-state index is 0. The van der Waals surface area contributed by atoms with Crippen LogP contribution in [0.25, 0.3) is 0 Å². The van der Waals surface area contributed by atoms with Gasteiger partial charge in [0.1, 0.15) is 0 Å². The molecule has 84 valence electrons. The molecule has 1 unspecified atom stereocenters. The molecule has 3 nitrogen and oxygen atoms in total. The second-order valence-corrected chi connectivity index (χ2v) is 4.82. The molecular weight excluding hydrogens is 232 g/mol. The van der Waals surface area contributed by atoms with Crippen LogP contribution in [-0.4, -0.2) is 16.1 Å². The van der Waals surface area contributed by atoms with Crippen molar-refractivity contribution in [3.05, 3.63) is 28.2 Å². The van der Waals surface area contributed by atoms with E-state index in [4.69, 9.17) is 5.73 Å². The SMILES string of the molecule is Cc1cc(=O)n(C2CCSC2)cc1N.Cl. The van der Waals surface area contributed by atoms with E-state index in [1.165, 1.54) is 0 Å². The molecule has 1 fully saturated rings. The quantitative estimate of drug-likeness (QED) is 0.823. The number of hydrogen-bond donors (Lipinski definition) is 1. The molecule has 0 radical (unpaired) electrons. The first-order valence-electron chi connectivity index (χ1n) is 4.74. The fourth-order valence-electron chi connectivity index (χ4n) is 1.69. The Labute approximate surface area is 99.5 Å². The van der Waals surface area contributed by atoms with Crippen molar-refractivity contribution >= 4 is 29.9 Å². The van der Waals surface area contributed by atoms with E-state index in [-0.39, 0.29) is 18.0 Å². The zero-order valence-electron chi connectivity index (χ0n) is 8.60. The van der Waals surface area contributed by atoms with Crippen molar-refractivity contribution < 1.29 is 0 Å². The molecule has 2 N–H and O–H groups in total. The Kier molecular flexibility index (Phi) is 4.11. The second kappa shape index (κ2) is 4.94. The van der Waals surface area contributed by atoms with E-state index in [1.807, 2.05) is 18.7 Å². The van der Waals surface area contributed by atoms with Gasteiger partial charge in [-0.25, -0.2) is 0 Å². The average Bonchev–Trinajstić information content (AvgIpc) is 2.64. The van der Waals surface area contributed by atoms with Crippen LogP contribution in [0.5, 0.6) is 0 Å². The van der Waals surface area contributed by atoms with Crippen LogP contribution < -0.4 is 11.3 Å². The number of rotatable bonds is 1. The van der Waals surface area contributed by atoms with Gasteiger partial charge in [0.25, 0.3) is 5.56 Å². The molecule has 5 heteroatoms. The van der Waals surface area contributed by atoms with Crippen molar-refractivity contribution in [3.63, 3.8) is 0 Å². The first-order chi connectivity index (χ1) is 6.68. The van der Waals surface area contributed by atoms with Crippen LogP contribution in [0.2, 0.25) is 0 Å². The molecule has 1 aromatic heterocycles. The van der Waals surface area contributed by atoms with Gasteiger partial charge < -0.3 is 10.3 Å². The maximum atomic E-state index is 11.7.